The molecule has 0 bridgehead atoms. The van der Waals surface area contributed by atoms with E-state index < -0.39 is 10.2 Å². The Balaban J connectivity index is 1.99. The van der Waals surface area contributed by atoms with Gasteiger partial charge < -0.3 is 5.32 Å². The minimum Gasteiger partial charge on any atom is -0.319 e. The molecule has 0 aromatic heterocycles. The van der Waals surface area contributed by atoms with Gasteiger partial charge in [-0.3, -0.25) is 0 Å². The zero-order chi connectivity index (χ0) is 13.2. The molecule has 1 saturated heterocycles. The van der Waals surface area contributed by atoms with Crippen LogP contribution >= 0.6 is 0 Å². The highest BCUT2D eigenvalue weighted by atomic mass is 32.2. The molecule has 1 aliphatic heterocycles. The molecule has 1 aliphatic carbocycles. The first-order valence-electron chi connectivity index (χ1n) is 6.93. The average Bonchev–Trinajstić information content (AvgIpc) is 2.27. The van der Waals surface area contributed by atoms with Crippen LogP contribution in [0.3, 0.4) is 0 Å². The summed E-state index contributed by atoms with van der Waals surface area (Å²) in [6.45, 7) is 2.25. The average molecular weight is 275 g/mol. The minimum atomic E-state index is -3.23. The third-order valence-electron chi connectivity index (χ3n) is 4.25. The van der Waals surface area contributed by atoms with Crippen LogP contribution < -0.4 is 5.32 Å². The van der Waals surface area contributed by atoms with Crippen molar-refractivity contribution in [1.29, 1.82) is 0 Å². The summed E-state index contributed by atoms with van der Waals surface area (Å²) in [7, 11) is 0.427. The number of hydrogen-bond donors (Lipinski definition) is 1. The predicted octanol–water partition coefficient (Wildman–Crippen LogP) is 0.647. The van der Waals surface area contributed by atoms with Gasteiger partial charge in [0.1, 0.15) is 0 Å². The molecule has 18 heavy (non-hydrogen) atoms. The van der Waals surface area contributed by atoms with Crippen LogP contribution in [0.1, 0.15) is 32.1 Å². The van der Waals surface area contributed by atoms with E-state index in [1.807, 2.05) is 7.05 Å². The summed E-state index contributed by atoms with van der Waals surface area (Å²) in [6.07, 6.45) is 5.30. The Morgan fingerprint density at radius 1 is 1.28 bits per heavy atom. The fourth-order valence-corrected chi connectivity index (χ4v) is 4.52. The van der Waals surface area contributed by atoms with E-state index in [1.165, 1.54) is 0 Å². The Bertz CT molecular complexity index is 366. The molecule has 1 unspecified atom stereocenters. The molecule has 0 amide bonds. The smallest absolute Gasteiger partial charge is 0.281 e. The van der Waals surface area contributed by atoms with Crippen LogP contribution in [-0.4, -0.2) is 56.8 Å². The monoisotopic (exact) mass is 275 g/mol. The maximum Gasteiger partial charge on any atom is 0.281 e. The van der Waals surface area contributed by atoms with Gasteiger partial charge in [0, 0.05) is 26.2 Å². The molecule has 2 fully saturated rings. The molecule has 1 atom stereocenters. The highest BCUT2D eigenvalue weighted by molar-refractivity contribution is 7.86. The lowest BCUT2D eigenvalue weighted by Crippen LogP contribution is -2.52. The Hall–Kier alpha value is -0.170. The normalized spacial score (nSPS) is 27.4. The molecular formula is C12H25N3O2S. The van der Waals surface area contributed by atoms with Crippen LogP contribution in [0.2, 0.25) is 0 Å². The van der Waals surface area contributed by atoms with E-state index in [1.54, 1.807) is 15.7 Å². The van der Waals surface area contributed by atoms with Crippen LogP contribution in [0, 0.1) is 5.92 Å². The van der Waals surface area contributed by atoms with Crippen molar-refractivity contribution in [3.05, 3.63) is 0 Å². The second kappa shape index (κ2) is 5.86. The van der Waals surface area contributed by atoms with Gasteiger partial charge >= 0.3 is 0 Å². The van der Waals surface area contributed by atoms with E-state index in [9.17, 15) is 8.42 Å². The molecule has 0 spiro atoms. The first kappa shape index (κ1) is 14.2. The molecule has 2 rings (SSSR count). The van der Waals surface area contributed by atoms with Gasteiger partial charge in [-0.05, 0) is 45.2 Å². The van der Waals surface area contributed by atoms with Gasteiger partial charge in [-0.25, -0.2) is 0 Å². The largest absolute Gasteiger partial charge is 0.319 e. The van der Waals surface area contributed by atoms with Gasteiger partial charge in [-0.1, -0.05) is 6.42 Å². The summed E-state index contributed by atoms with van der Waals surface area (Å²) in [5, 5.41) is 3.15. The third-order valence-corrected chi connectivity index (χ3v) is 6.26. The fourth-order valence-electron chi connectivity index (χ4n) is 2.81. The maximum absolute atomic E-state index is 12.5. The lowest BCUT2D eigenvalue weighted by atomic mass is 9.94. The quantitative estimate of drug-likeness (QED) is 0.801. The van der Waals surface area contributed by atoms with Crippen molar-refractivity contribution in [3.63, 3.8) is 0 Å². The van der Waals surface area contributed by atoms with Gasteiger partial charge in [0.15, 0.2) is 0 Å². The molecule has 1 N–H and O–H groups in total. The first-order chi connectivity index (χ1) is 8.55. The van der Waals surface area contributed by atoms with E-state index in [2.05, 4.69) is 5.32 Å². The van der Waals surface area contributed by atoms with E-state index in [4.69, 9.17) is 0 Å². The van der Waals surface area contributed by atoms with Gasteiger partial charge in [-0.15, -0.1) is 0 Å². The van der Waals surface area contributed by atoms with Gasteiger partial charge in [0.25, 0.3) is 10.2 Å². The van der Waals surface area contributed by atoms with E-state index >= 15 is 0 Å². The summed E-state index contributed by atoms with van der Waals surface area (Å²) in [4.78, 5) is 0. The molecule has 106 valence electrons. The standard InChI is InChI=1S/C12H25N3O2S/c1-13-9-11-5-4-8-15(10-11)18(16,17)14(2)12-6-3-7-12/h11-13H,3-10H2,1-2H3. The molecule has 0 aromatic carbocycles. The summed E-state index contributed by atoms with van der Waals surface area (Å²) >= 11 is 0. The van der Waals surface area contributed by atoms with Crippen molar-refractivity contribution in [2.45, 2.75) is 38.1 Å². The first-order valence-corrected chi connectivity index (χ1v) is 8.33. The van der Waals surface area contributed by atoms with Crippen LogP contribution in [0.15, 0.2) is 0 Å². The van der Waals surface area contributed by atoms with Crippen LogP contribution in [0.5, 0.6) is 0 Å². The van der Waals surface area contributed by atoms with E-state index in [0.29, 0.717) is 19.0 Å². The fraction of sp³-hybridized carbons (Fsp3) is 1.00. The Morgan fingerprint density at radius 3 is 2.56 bits per heavy atom. The SMILES string of the molecule is CNCC1CCCN(S(=O)(=O)N(C)C2CCC2)C1. The lowest BCUT2D eigenvalue weighted by molar-refractivity contribution is 0.208. The topological polar surface area (TPSA) is 52.7 Å². The second-order valence-electron chi connectivity index (χ2n) is 5.53. The van der Waals surface area contributed by atoms with Gasteiger partial charge in [0.2, 0.25) is 0 Å². The highest BCUT2D eigenvalue weighted by Gasteiger charge is 2.36. The predicted molar refractivity (Wildman–Crippen MR) is 72.5 cm³/mol. The van der Waals surface area contributed by atoms with Crippen molar-refractivity contribution in [2.24, 2.45) is 5.92 Å². The second-order valence-corrected chi connectivity index (χ2v) is 7.52. The number of nitrogens with one attached hydrogen (secondary N) is 1. The molecule has 1 saturated carbocycles. The number of piperidine rings is 1. The van der Waals surface area contributed by atoms with Crippen LogP contribution in [-0.2, 0) is 10.2 Å². The molecule has 1 heterocycles. The Morgan fingerprint density at radius 2 is 2.00 bits per heavy atom. The lowest BCUT2D eigenvalue weighted by Gasteiger charge is -2.39. The Kier molecular flexibility index (Phi) is 4.64. The van der Waals surface area contributed by atoms with Crippen molar-refractivity contribution in [3.8, 4) is 0 Å². The van der Waals surface area contributed by atoms with E-state index in [0.717, 1.165) is 38.6 Å². The number of rotatable bonds is 5. The van der Waals surface area contributed by atoms with Crippen LogP contribution in [0.25, 0.3) is 0 Å². The minimum absolute atomic E-state index is 0.236. The van der Waals surface area contributed by atoms with Crippen molar-refractivity contribution >= 4 is 10.2 Å². The molecular weight excluding hydrogens is 250 g/mol. The zero-order valence-electron chi connectivity index (χ0n) is 11.4. The maximum atomic E-state index is 12.5. The number of hydrogen-bond acceptors (Lipinski definition) is 3. The molecule has 6 heteroatoms. The summed E-state index contributed by atoms with van der Waals surface area (Å²) < 4.78 is 28.3. The Labute approximate surface area is 111 Å². The van der Waals surface area contributed by atoms with Gasteiger partial charge in [0.05, 0.1) is 0 Å². The molecule has 0 aromatic rings. The van der Waals surface area contributed by atoms with Crippen molar-refractivity contribution in [2.75, 3.05) is 33.7 Å². The van der Waals surface area contributed by atoms with Gasteiger partial charge in [-0.2, -0.15) is 17.0 Å². The van der Waals surface area contributed by atoms with Crippen LogP contribution in [0.4, 0.5) is 0 Å². The van der Waals surface area contributed by atoms with E-state index in [-0.39, 0.29) is 6.04 Å². The van der Waals surface area contributed by atoms with Crippen molar-refractivity contribution in [1.82, 2.24) is 13.9 Å². The summed E-state index contributed by atoms with van der Waals surface area (Å²) in [5.74, 6) is 0.452. The third kappa shape index (κ3) is 2.87. The molecule has 2 aliphatic rings. The summed E-state index contributed by atoms with van der Waals surface area (Å²) in [5.41, 5.74) is 0. The zero-order valence-corrected chi connectivity index (χ0v) is 12.2. The van der Waals surface area contributed by atoms with Crippen molar-refractivity contribution < 1.29 is 8.42 Å². The highest BCUT2D eigenvalue weighted by Crippen LogP contribution is 2.28. The molecule has 0 radical (unpaired) electrons. The summed E-state index contributed by atoms with van der Waals surface area (Å²) in [6, 6.07) is 0.236. The molecule has 5 nitrogen and oxygen atoms in total. The number of nitrogens with zero attached hydrogens (tertiary/aromatic N) is 2.